The number of piperazine rings is 1. The summed E-state index contributed by atoms with van der Waals surface area (Å²) >= 11 is 0. The highest BCUT2D eigenvalue weighted by atomic mass is 19.1. The quantitative estimate of drug-likeness (QED) is 0.866. The van der Waals surface area contributed by atoms with Gasteiger partial charge in [-0.3, -0.25) is 4.90 Å². The number of hydrogen-bond donors (Lipinski definition) is 1. The molecule has 1 aliphatic heterocycles. The van der Waals surface area contributed by atoms with Crippen LogP contribution in [0.1, 0.15) is 12.5 Å². The molecule has 0 spiro atoms. The molecule has 0 unspecified atom stereocenters. The summed E-state index contributed by atoms with van der Waals surface area (Å²) in [5.74, 6) is 0.556. The Morgan fingerprint density at radius 1 is 1.53 bits per heavy atom. The van der Waals surface area contributed by atoms with Gasteiger partial charge in [-0.2, -0.15) is 0 Å². The lowest BCUT2D eigenvalue weighted by Crippen LogP contribution is -2.49. The molecule has 1 heterocycles. The lowest BCUT2D eigenvalue weighted by molar-refractivity contribution is 0.164. The van der Waals surface area contributed by atoms with Crippen molar-refractivity contribution < 1.29 is 9.13 Å². The van der Waals surface area contributed by atoms with Gasteiger partial charge in [0, 0.05) is 37.8 Å². The SMILES string of the molecule is COc1ccc(F)cc1CN1CCNC[C@@H]1C. The smallest absolute Gasteiger partial charge is 0.123 e. The Kier molecular flexibility index (Phi) is 3.97. The average molecular weight is 238 g/mol. The predicted molar refractivity (Wildman–Crippen MR) is 65.7 cm³/mol. The summed E-state index contributed by atoms with van der Waals surface area (Å²) in [6.07, 6.45) is 0. The van der Waals surface area contributed by atoms with Gasteiger partial charge < -0.3 is 10.1 Å². The summed E-state index contributed by atoms with van der Waals surface area (Å²) in [7, 11) is 1.62. The van der Waals surface area contributed by atoms with Crippen molar-refractivity contribution >= 4 is 0 Å². The molecule has 0 radical (unpaired) electrons. The Morgan fingerprint density at radius 2 is 2.35 bits per heavy atom. The van der Waals surface area contributed by atoms with Gasteiger partial charge in [-0.05, 0) is 25.1 Å². The van der Waals surface area contributed by atoms with Gasteiger partial charge in [0.05, 0.1) is 7.11 Å². The molecule has 0 amide bonds. The summed E-state index contributed by atoms with van der Waals surface area (Å²) in [6.45, 7) is 5.88. The first kappa shape index (κ1) is 12.3. The zero-order valence-electron chi connectivity index (χ0n) is 10.4. The van der Waals surface area contributed by atoms with E-state index in [1.165, 1.54) is 6.07 Å². The third kappa shape index (κ3) is 2.96. The van der Waals surface area contributed by atoms with Crippen molar-refractivity contribution in [1.82, 2.24) is 10.2 Å². The first-order valence-corrected chi connectivity index (χ1v) is 5.98. The molecule has 94 valence electrons. The number of nitrogens with zero attached hydrogens (tertiary/aromatic N) is 1. The Bertz CT molecular complexity index is 384. The molecule has 4 heteroatoms. The predicted octanol–water partition coefficient (Wildman–Crippen LogP) is 1.63. The van der Waals surface area contributed by atoms with Crippen LogP contribution in [0.5, 0.6) is 5.75 Å². The number of methoxy groups -OCH3 is 1. The van der Waals surface area contributed by atoms with Crippen molar-refractivity contribution in [2.45, 2.75) is 19.5 Å². The molecule has 3 nitrogen and oxygen atoms in total. The fourth-order valence-corrected chi connectivity index (χ4v) is 2.21. The largest absolute Gasteiger partial charge is 0.496 e. The zero-order chi connectivity index (χ0) is 12.3. The molecule has 1 aromatic carbocycles. The zero-order valence-corrected chi connectivity index (χ0v) is 10.4. The van der Waals surface area contributed by atoms with Gasteiger partial charge in [0.25, 0.3) is 0 Å². The van der Waals surface area contributed by atoms with Crippen molar-refractivity contribution in [3.63, 3.8) is 0 Å². The molecule has 1 N–H and O–H groups in total. The highest BCUT2D eigenvalue weighted by Gasteiger charge is 2.19. The van der Waals surface area contributed by atoms with Crippen LogP contribution in [0, 0.1) is 5.82 Å². The lowest BCUT2D eigenvalue weighted by atomic mass is 10.1. The van der Waals surface area contributed by atoms with Crippen molar-refractivity contribution in [2.75, 3.05) is 26.7 Å². The van der Waals surface area contributed by atoms with Crippen molar-refractivity contribution in [2.24, 2.45) is 0 Å². The number of benzene rings is 1. The first-order valence-electron chi connectivity index (χ1n) is 5.98. The normalized spacial score (nSPS) is 21.5. The van der Waals surface area contributed by atoms with Gasteiger partial charge >= 0.3 is 0 Å². The van der Waals surface area contributed by atoms with Gasteiger partial charge in [0.2, 0.25) is 0 Å². The van der Waals surface area contributed by atoms with Crippen molar-refractivity contribution in [3.8, 4) is 5.75 Å². The molecule has 0 aliphatic carbocycles. The van der Waals surface area contributed by atoms with E-state index in [9.17, 15) is 4.39 Å². The van der Waals surface area contributed by atoms with Crippen LogP contribution in [0.4, 0.5) is 4.39 Å². The van der Waals surface area contributed by atoms with Crippen LogP contribution < -0.4 is 10.1 Å². The van der Waals surface area contributed by atoms with Crippen LogP contribution in [-0.2, 0) is 6.54 Å². The number of nitrogens with one attached hydrogen (secondary N) is 1. The maximum Gasteiger partial charge on any atom is 0.123 e. The van der Waals surface area contributed by atoms with E-state index < -0.39 is 0 Å². The van der Waals surface area contributed by atoms with Gasteiger partial charge in [-0.15, -0.1) is 0 Å². The highest BCUT2D eigenvalue weighted by molar-refractivity contribution is 5.33. The van der Waals surface area contributed by atoms with Gasteiger partial charge in [0.1, 0.15) is 11.6 Å². The van der Waals surface area contributed by atoms with E-state index in [-0.39, 0.29) is 5.82 Å². The van der Waals surface area contributed by atoms with Gasteiger partial charge in [0.15, 0.2) is 0 Å². The van der Waals surface area contributed by atoms with E-state index in [0.717, 1.165) is 37.5 Å². The molecule has 1 atom stereocenters. The van der Waals surface area contributed by atoms with Crippen LogP contribution in [0.15, 0.2) is 18.2 Å². The van der Waals surface area contributed by atoms with Crippen molar-refractivity contribution in [3.05, 3.63) is 29.6 Å². The monoisotopic (exact) mass is 238 g/mol. The second kappa shape index (κ2) is 5.47. The van der Waals surface area contributed by atoms with E-state index in [1.54, 1.807) is 19.2 Å². The fourth-order valence-electron chi connectivity index (χ4n) is 2.21. The average Bonchev–Trinajstić information content (AvgIpc) is 2.32. The summed E-state index contributed by atoms with van der Waals surface area (Å²) in [4.78, 5) is 2.34. The van der Waals surface area contributed by atoms with Gasteiger partial charge in [-0.1, -0.05) is 0 Å². The third-order valence-electron chi connectivity index (χ3n) is 3.25. The Balaban J connectivity index is 2.13. The molecular formula is C13H19FN2O. The van der Waals surface area contributed by atoms with Crippen LogP contribution in [0.3, 0.4) is 0 Å². The Hall–Kier alpha value is -1.13. The maximum absolute atomic E-state index is 13.2. The van der Waals surface area contributed by atoms with Crippen LogP contribution in [0.2, 0.25) is 0 Å². The Labute approximate surface area is 102 Å². The van der Waals surface area contributed by atoms with E-state index in [4.69, 9.17) is 4.74 Å². The number of halogens is 1. The van der Waals surface area contributed by atoms with E-state index in [2.05, 4.69) is 17.1 Å². The fraction of sp³-hybridized carbons (Fsp3) is 0.538. The molecule has 2 rings (SSSR count). The molecular weight excluding hydrogens is 219 g/mol. The minimum atomic E-state index is -0.205. The molecule has 17 heavy (non-hydrogen) atoms. The van der Waals surface area contributed by atoms with E-state index in [1.807, 2.05) is 0 Å². The molecule has 0 saturated carbocycles. The van der Waals surface area contributed by atoms with E-state index >= 15 is 0 Å². The number of ether oxygens (including phenoxy) is 1. The maximum atomic E-state index is 13.2. The summed E-state index contributed by atoms with van der Waals surface area (Å²) in [5, 5.41) is 3.34. The number of rotatable bonds is 3. The molecule has 0 bridgehead atoms. The molecule has 1 saturated heterocycles. The standard InChI is InChI=1S/C13H19FN2O/c1-10-8-15-5-6-16(10)9-11-7-12(14)3-4-13(11)17-2/h3-4,7,10,15H,5-6,8-9H2,1-2H3/t10-/m0/s1. The van der Waals surface area contributed by atoms with Crippen molar-refractivity contribution in [1.29, 1.82) is 0 Å². The van der Waals surface area contributed by atoms with Gasteiger partial charge in [-0.25, -0.2) is 4.39 Å². The molecule has 1 aromatic rings. The molecule has 1 fully saturated rings. The second-order valence-corrected chi connectivity index (χ2v) is 4.48. The summed E-state index contributed by atoms with van der Waals surface area (Å²) < 4.78 is 18.5. The summed E-state index contributed by atoms with van der Waals surface area (Å²) in [6, 6.07) is 5.16. The van der Waals surface area contributed by atoms with Crippen LogP contribution >= 0.6 is 0 Å². The minimum absolute atomic E-state index is 0.205. The van der Waals surface area contributed by atoms with Crippen LogP contribution in [-0.4, -0.2) is 37.7 Å². The topological polar surface area (TPSA) is 24.5 Å². The second-order valence-electron chi connectivity index (χ2n) is 4.48. The first-order chi connectivity index (χ1) is 8.20. The third-order valence-corrected chi connectivity index (χ3v) is 3.25. The minimum Gasteiger partial charge on any atom is -0.496 e. The highest BCUT2D eigenvalue weighted by Crippen LogP contribution is 2.22. The number of hydrogen-bond acceptors (Lipinski definition) is 3. The summed E-state index contributed by atoms with van der Waals surface area (Å²) in [5.41, 5.74) is 0.918. The molecule has 0 aromatic heterocycles. The Morgan fingerprint density at radius 3 is 3.06 bits per heavy atom. The van der Waals surface area contributed by atoms with Crippen LogP contribution in [0.25, 0.3) is 0 Å². The lowest BCUT2D eigenvalue weighted by Gasteiger charge is -2.34. The van der Waals surface area contributed by atoms with E-state index in [0.29, 0.717) is 6.04 Å². The molecule has 1 aliphatic rings.